The third-order valence-corrected chi connectivity index (χ3v) is 5.09. The number of carbonyl (C=O) groups excluding carboxylic acids is 1. The fraction of sp³-hybridized carbons (Fsp3) is 0.222. The highest BCUT2D eigenvalue weighted by atomic mass is 35.5. The van der Waals surface area contributed by atoms with Gasteiger partial charge in [-0.3, -0.25) is 4.79 Å². The van der Waals surface area contributed by atoms with Crippen molar-refractivity contribution >= 4 is 39.1 Å². The summed E-state index contributed by atoms with van der Waals surface area (Å²) >= 11 is 7.51. The molecule has 7 heteroatoms. The molecule has 2 aromatic carbocycles. The molecule has 0 aliphatic carbocycles. The number of halogens is 1. The van der Waals surface area contributed by atoms with Crippen LogP contribution in [0.2, 0.25) is 5.02 Å². The summed E-state index contributed by atoms with van der Waals surface area (Å²) in [5.74, 6) is 0.359. The van der Waals surface area contributed by atoms with Crippen LogP contribution in [0, 0.1) is 13.8 Å². The van der Waals surface area contributed by atoms with E-state index in [0.717, 1.165) is 21.3 Å². The lowest BCUT2D eigenvalue weighted by Gasteiger charge is -2.11. The highest BCUT2D eigenvalue weighted by Gasteiger charge is 2.09. The van der Waals surface area contributed by atoms with E-state index in [1.165, 1.54) is 11.3 Å². The summed E-state index contributed by atoms with van der Waals surface area (Å²) in [6.07, 6.45) is 0. The third-order valence-electron chi connectivity index (χ3n) is 3.76. The van der Waals surface area contributed by atoms with E-state index in [-0.39, 0.29) is 12.5 Å². The van der Waals surface area contributed by atoms with Gasteiger partial charge in [0.15, 0.2) is 6.61 Å². The first-order valence-electron chi connectivity index (χ1n) is 7.72. The van der Waals surface area contributed by atoms with Gasteiger partial charge in [-0.1, -0.05) is 35.1 Å². The maximum atomic E-state index is 12.0. The Morgan fingerprint density at radius 2 is 1.96 bits per heavy atom. The molecule has 0 unspecified atom stereocenters. The SMILES string of the molecule is Cc1cc(Cl)cc(C)c1OCC(=O)N/N=c1/sc2ccccc2n1C. The minimum atomic E-state index is -0.314. The number of ether oxygens (including phenoxy) is 1. The molecule has 0 bridgehead atoms. The largest absolute Gasteiger partial charge is 0.483 e. The van der Waals surface area contributed by atoms with Crippen molar-refractivity contribution in [3.05, 3.63) is 57.3 Å². The van der Waals surface area contributed by atoms with Crippen molar-refractivity contribution in [3.8, 4) is 5.75 Å². The Hall–Kier alpha value is -2.31. The maximum absolute atomic E-state index is 12.0. The predicted octanol–water partition coefficient (Wildman–Crippen LogP) is 3.52. The first-order valence-corrected chi connectivity index (χ1v) is 8.92. The summed E-state index contributed by atoms with van der Waals surface area (Å²) < 4.78 is 8.68. The number of nitrogens with one attached hydrogen (secondary N) is 1. The number of hydrogen-bond acceptors (Lipinski definition) is 4. The zero-order valence-electron chi connectivity index (χ0n) is 14.2. The van der Waals surface area contributed by atoms with Gasteiger partial charge in [-0.25, -0.2) is 5.43 Å². The van der Waals surface area contributed by atoms with Crippen LogP contribution >= 0.6 is 22.9 Å². The highest BCUT2D eigenvalue weighted by molar-refractivity contribution is 7.16. The van der Waals surface area contributed by atoms with Crippen LogP contribution in [0.3, 0.4) is 0 Å². The van der Waals surface area contributed by atoms with Gasteiger partial charge in [-0.05, 0) is 49.2 Å². The Bertz CT molecular complexity index is 984. The van der Waals surface area contributed by atoms with Gasteiger partial charge in [0.25, 0.3) is 5.91 Å². The average molecular weight is 376 g/mol. The lowest BCUT2D eigenvalue weighted by atomic mass is 10.1. The van der Waals surface area contributed by atoms with Gasteiger partial charge < -0.3 is 9.30 Å². The number of hydrogen-bond donors (Lipinski definition) is 1. The van der Waals surface area contributed by atoms with Gasteiger partial charge in [0.2, 0.25) is 4.80 Å². The molecule has 5 nitrogen and oxygen atoms in total. The zero-order chi connectivity index (χ0) is 18.0. The molecule has 0 spiro atoms. The molecule has 1 aromatic heterocycles. The number of amides is 1. The van der Waals surface area contributed by atoms with Crippen LogP contribution in [0.25, 0.3) is 10.2 Å². The van der Waals surface area contributed by atoms with E-state index >= 15 is 0 Å². The molecule has 1 heterocycles. The summed E-state index contributed by atoms with van der Waals surface area (Å²) in [7, 11) is 1.92. The molecule has 0 aliphatic rings. The quantitative estimate of drug-likeness (QED) is 0.709. The first-order chi connectivity index (χ1) is 12.0. The van der Waals surface area contributed by atoms with Gasteiger partial charge in [0.1, 0.15) is 5.75 Å². The molecule has 0 fully saturated rings. The van der Waals surface area contributed by atoms with E-state index in [1.54, 1.807) is 0 Å². The summed E-state index contributed by atoms with van der Waals surface area (Å²) in [5, 5.41) is 4.85. The van der Waals surface area contributed by atoms with Crippen molar-refractivity contribution in [2.75, 3.05) is 6.61 Å². The van der Waals surface area contributed by atoms with Crippen molar-refractivity contribution in [3.63, 3.8) is 0 Å². The van der Waals surface area contributed by atoms with E-state index < -0.39 is 0 Å². The Labute approximate surface area is 154 Å². The van der Waals surface area contributed by atoms with Crippen LogP contribution in [-0.4, -0.2) is 17.1 Å². The van der Waals surface area contributed by atoms with Crippen molar-refractivity contribution in [1.29, 1.82) is 0 Å². The van der Waals surface area contributed by atoms with E-state index in [1.807, 2.05) is 61.9 Å². The second kappa shape index (κ2) is 7.29. The fourth-order valence-electron chi connectivity index (χ4n) is 2.59. The molecule has 0 radical (unpaired) electrons. The molecule has 0 saturated heterocycles. The Kier molecular flexibility index (Phi) is 5.11. The molecule has 130 valence electrons. The van der Waals surface area contributed by atoms with E-state index in [4.69, 9.17) is 16.3 Å². The van der Waals surface area contributed by atoms with Gasteiger partial charge >= 0.3 is 0 Å². The number of aromatic nitrogens is 1. The Morgan fingerprint density at radius 1 is 1.28 bits per heavy atom. The van der Waals surface area contributed by atoms with Crippen LogP contribution in [0.1, 0.15) is 11.1 Å². The van der Waals surface area contributed by atoms with Crippen molar-refractivity contribution in [1.82, 2.24) is 9.99 Å². The molecule has 3 aromatic rings. The molecule has 0 aliphatic heterocycles. The van der Waals surface area contributed by atoms with Crippen LogP contribution in [0.15, 0.2) is 41.5 Å². The first kappa shape index (κ1) is 17.5. The smallest absolute Gasteiger partial charge is 0.278 e. The van der Waals surface area contributed by atoms with E-state index in [9.17, 15) is 4.79 Å². The monoisotopic (exact) mass is 375 g/mol. The number of carbonyl (C=O) groups is 1. The number of nitrogens with zero attached hydrogens (tertiary/aromatic N) is 2. The number of para-hydroxylation sites is 1. The lowest BCUT2D eigenvalue weighted by molar-refractivity contribution is -0.123. The molecular weight excluding hydrogens is 358 g/mol. The summed E-state index contributed by atoms with van der Waals surface area (Å²) in [6, 6.07) is 11.6. The normalized spacial score (nSPS) is 11.8. The molecule has 3 rings (SSSR count). The van der Waals surface area contributed by atoms with Crippen molar-refractivity contribution in [2.45, 2.75) is 13.8 Å². The molecule has 1 amide bonds. The van der Waals surface area contributed by atoms with E-state index in [2.05, 4.69) is 10.5 Å². The van der Waals surface area contributed by atoms with Crippen LogP contribution in [0.5, 0.6) is 5.75 Å². The second-order valence-electron chi connectivity index (χ2n) is 5.72. The fourth-order valence-corrected chi connectivity index (χ4v) is 3.90. The average Bonchev–Trinajstić information content (AvgIpc) is 2.88. The number of thiazole rings is 1. The minimum absolute atomic E-state index is 0.110. The van der Waals surface area contributed by atoms with E-state index in [0.29, 0.717) is 15.6 Å². The molecule has 1 N–H and O–H groups in total. The molecule has 0 atom stereocenters. The summed E-state index contributed by atoms with van der Waals surface area (Å²) in [6.45, 7) is 3.68. The van der Waals surface area contributed by atoms with Crippen LogP contribution < -0.4 is 15.0 Å². The number of benzene rings is 2. The minimum Gasteiger partial charge on any atom is -0.483 e. The number of rotatable bonds is 4. The lowest BCUT2D eigenvalue weighted by Crippen LogP contribution is -2.28. The van der Waals surface area contributed by atoms with Gasteiger partial charge in [-0.2, -0.15) is 0 Å². The standard InChI is InChI=1S/C18H18ClN3O2S/c1-11-8-13(19)9-12(2)17(11)24-10-16(23)20-21-18-22(3)14-6-4-5-7-15(14)25-18/h4-9H,10H2,1-3H3,(H,20,23)/b21-18+. The van der Waals surface area contributed by atoms with Gasteiger partial charge in [0.05, 0.1) is 10.2 Å². The Morgan fingerprint density at radius 3 is 2.64 bits per heavy atom. The molecular formula is C18H18ClN3O2S. The van der Waals surface area contributed by atoms with Crippen LogP contribution in [-0.2, 0) is 11.8 Å². The van der Waals surface area contributed by atoms with Gasteiger partial charge in [-0.15, -0.1) is 5.10 Å². The van der Waals surface area contributed by atoms with Crippen LogP contribution in [0.4, 0.5) is 0 Å². The van der Waals surface area contributed by atoms with Crippen molar-refractivity contribution in [2.24, 2.45) is 12.1 Å². The second-order valence-corrected chi connectivity index (χ2v) is 7.16. The summed E-state index contributed by atoms with van der Waals surface area (Å²) in [4.78, 5) is 12.8. The molecule has 25 heavy (non-hydrogen) atoms. The highest BCUT2D eigenvalue weighted by Crippen LogP contribution is 2.26. The zero-order valence-corrected chi connectivity index (χ0v) is 15.7. The maximum Gasteiger partial charge on any atom is 0.278 e. The topological polar surface area (TPSA) is 55.6 Å². The Balaban J connectivity index is 1.70. The number of aryl methyl sites for hydroxylation is 3. The summed E-state index contributed by atoms with van der Waals surface area (Å²) in [5.41, 5.74) is 5.41. The van der Waals surface area contributed by atoms with Crippen molar-refractivity contribution < 1.29 is 9.53 Å². The number of fused-ring (bicyclic) bond motifs is 1. The van der Waals surface area contributed by atoms with Gasteiger partial charge in [0, 0.05) is 12.1 Å². The predicted molar refractivity (Wildman–Crippen MR) is 101 cm³/mol. The third kappa shape index (κ3) is 3.86. The molecule has 0 saturated carbocycles.